The molecule has 0 nitrogen and oxygen atoms in total. The Kier molecular flexibility index (Phi) is 5.23. The zero-order valence-electron chi connectivity index (χ0n) is 10.2. The minimum Gasteiger partial charge on any atom is -0.199 e. The molecule has 0 rings (SSSR count). The molecule has 19 heavy (non-hydrogen) atoms. The van der Waals surface area contributed by atoms with Crippen LogP contribution in [0.15, 0.2) is 49.6 Å². The molecule has 0 aromatic rings. The number of hydrogen-bond acceptors (Lipinski definition) is 0. The predicted octanol–water partition coefficient (Wildman–Crippen LogP) is 5.16. The topological polar surface area (TPSA) is 0 Å². The van der Waals surface area contributed by atoms with Crippen LogP contribution in [-0.4, -0.2) is 17.8 Å². The van der Waals surface area contributed by atoms with Gasteiger partial charge >= 0.3 is 17.8 Å². The van der Waals surface area contributed by atoms with E-state index in [0.717, 1.165) is 12.2 Å². The van der Waals surface area contributed by atoms with E-state index < -0.39 is 41.8 Å². The lowest BCUT2D eigenvalue weighted by Crippen LogP contribution is -2.54. The fourth-order valence-electron chi connectivity index (χ4n) is 1.20. The van der Waals surface area contributed by atoms with Crippen LogP contribution in [0.3, 0.4) is 0 Å². The number of hydrogen-bond donors (Lipinski definition) is 0. The fourth-order valence-corrected chi connectivity index (χ4v) is 1.20. The second-order valence-electron chi connectivity index (χ2n) is 4.06. The molecule has 0 aliphatic carbocycles. The van der Waals surface area contributed by atoms with Crippen molar-refractivity contribution in [3.63, 3.8) is 0 Å². The highest BCUT2D eigenvalue weighted by Gasteiger charge is 2.70. The Morgan fingerprint density at radius 3 is 1.21 bits per heavy atom. The molecule has 0 saturated carbocycles. The van der Waals surface area contributed by atoms with Crippen LogP contribution in [0, 0.1) is 0 Å². The standard InChI is InChI=1S/C13H14F6/c1-5-9(3)7-11(14,15)13(18,19)12(16,17)8-10(4)6-2/h5-6H,1-4,7-8H2. The Labute approximate surface area is 107 Å². The van der Waals surface area contributed by atoms with Crippen molar-refractivity contribution in [2.24, 2.45) is 0 Å². The third-order valence-electron chi connectivity index (χ3n) is 2.39. The van der Waals surface area contributed by atoms with Crippen molar-refractivity contribution >= 4 is 0 Å². The first kappa shape index (κ1) is 17.5. The first-order valence-corrected chi connectivity index (χ1v) is 5.15. The minimum atomic E-state index is -5.53. The molecule has 0 radical (unpaired) electrons. The summed E-state index contributed by atoms with van der Waals surface area (Å²) in [5.74, 6) is -15.4. The summed E-state index contributed by atoms with van der Waals surface area (Å²) in [5, 5.41) is 0. The van der Waals surface area contributed by atoms with Gasteiger partial charge in [-0.2, -0.15) is 26.3 Å². The van der Waals surface area contributed by atoms with Gasteiger partial charge in [0.05, 0.1) is 0 Å². The summed E-state index contributed by atoms with van der Waals surface area (Å²) in [6.07, 6.45) is -1.57. The second-order valence-corrected chi connectivity index (χ2v) is 4.06. The zero-order valence-corrected chi connectivity index (χ0v) is 10.2. The highest BCUT2D eigenvalue weighted by atomic mass is 19.3. The van der Waals surface area contributed by atoms with Gasteiger partial charge in [0, 0.05) is 12.8 Å². The molecule has 6 heteroatoms. The monoisotopic (exact) mass is 284 g/mol. The van der Waals surface area contributed by atoms with Crippen molar-refractivity contribution in [3.05, 3.63) is 49.6 Å². The molecule has 0 N–H and O–H groups in total. The molecular weight excluding hydrogens is 270 g/mol. The Hall–Kier alpha value is -1.46. The van der Waals surface area contributed by atoms with Gasteiger partial charge < -0.3 is 0 Å². The van der Waals surface area contributed by atoms with Crippen molar-refractivity contribution in [1.82, 2.24) is 0 Å². The number of alkyl halides is 6. The van der Waals surface area contributed by atoms with Crippen molar-refractivity contribution in [1.29, 1.82) is 0 Å². The summed E-state index contributed by atoms with van der Waals surface area (Å²) < 4.78 is 79.8. The van der Waals surface area contributed by atoms with E-state index in [1.54, 1.807) is 0 Å². The lowest BCUT2D eigenvalue weighted by molar-refractivity contribution is -0.307. The molecule has 0 unspecified atom stereocenters. The van der Waals surface area contributed by atoms with Crippen molar-refractivity contribution in [2.45, 2.75) is 30.6 Å². The van der Waals surface area contributed by atoms with E-state index in [1.165, 1.54) is 0 Å². The summed E-state index contributed by atoms with van der Waals surface area (Å²) in [4.78, 5) is 0. The highest BCUT2D eigenvalue weighted by Crippen LogP contribution is 2.50. The van der Waals surface area contributed by atoms with Crippen molar-refractivity contribution in [3.8, 4) is 0 Å². The van der Waals surface area contributed by atoms with E-state index in [-0.39, 0.29) is 0 Å². The average molecular weight is 284 g/mol. The van der Waals surface area contributed by atoms with Crippen LogP contribution >= 0.6 is 0 Å². The third kappa shape index (κ3) is 3.75. The van der Waals surface area contributed by atoms with Crippen LogP contribution in [0.25, 0.3) is 0 Å². The molecule has 0 aromatic carbocycles. The van der Waals surface area contributed by atoms with Gasteiger partial charge in [-0.3, -0.25) is 0 Å². The third-order valence-corrected chi connectivity index (χ3v) is 2.39. The molecule has 0 aliphatic heterocycles. The molecule has 0 fully saturated rings. The number of allylic oxidation sites excluding steroid dienone is 4. The normalized spacial score (nSPS) is 12.9. The largest absolute Gasteiger partial charge is 0.372 e. The van der Waals surface area contributed by atoms with E-state index in [0.29, 0.717) is 0 Å². The van der Waals surface area contributed by atoms with Gasteiger partial charge in [-0.15, -0.1) is 0 Å². The van der Waals surface area contributed by atoms with E-state index in [2.05, 4.69) is 26.3 Å². The van der Waals surface area contributed by atoms with Crippen LogP contribution in [0.1, 0.15) is 12.8 Å². The van der Waals surface area contributed by atoms with Gasteiger partial charge in [0.25, 0.3) is 0 Å². The molecule has 0 saturated heterocycles. The maximum absolute atomic E-state index is 13.3. The van der Waals surface area contributed by atoms with Gasteiger partial charge in [-0.05, 0) is 11.1 Å². The Bertz CT molecular complexity index is 356. The molecule has 108 valence electrons. The van der Waals surface area contributed by atoms with Crippen LogP contribution in [-0.2, 0) is 0 Å². The molecular formula is C13H14F6. The summed E-state index contributed by atoms with van der Waals surface area (Å²) in [6.45, 7) is 12.2. The number of rotatable bonds is 8. The smallest absolute Gasteiger partial charge is 0.199 e. The quantitative estimate of drug-likeness (QED) is 0.427. The summed E-state index contributed by atoms with van der Waals surface area (Å²) in [6, 6.07) is 0. The molecule has 0 heterocycles. The lowest BCUT2D eigenvalue weighted by atomic mass is 9.94. The maximum Gasteiger partial charge on any atom is 0.372 e. The molecule has 0 aliphatic rings. The molecule has 0 atom stereocenters. The highest BCUT2D eigenvalue weighted by molar-refractivity contribution is 5.19. The summed E-state index contributed by atoms with van der Waals surface area (Å²) in [5.41, 5.74) is -0.911. The zero-order chi connectivity index (χ0) is 15.5. The van der Waals surface area contributed by atoms with E-state index in [9.17, 15) is 26.3 Å². The maximum atomic E-state index is 13.3. The molecule has 0 bridgehead atoms. The van der Waals surface area contributed by atoms with Gasteiger partial charge in [0.15, 0.2) is 0 Å². The summed E-state index contributed by atoms with van der Waals surface area (Å²) in [7, 11) is 0. The van der Waals surface area contributed by atoms with Crippen LogP contribution in [0.4, 0.5) is 26.3 Å². The van der Waals surface area contributed by atoms with E-state index >= 15 is 0 Å². The molecule has 0 aromatic heterocycles. The van der Waals surface area contributed by atoms with Gasteiger partial charge in [0.1, 0.15) is 0 Å². The first-order chi connectivity index (χ1) is 8.41. The van der Waals surface area contributed by atoms with Gasteiger partial charge in [0.2, 0.25) is 0 Å². The molecule has 0 spiro atoms. The summed E-state index contributed by atoms with van der Waals surface area (Å²) >= 11 is 0. The van der Waals surface area contributed by atoms with Gasteiger partial charge in [-0.25, -0.2) is 0 Å². The van der Waals surface area contributed by atoms with Crippen molar-refractivity contribution in [2.75, 3.05) is 0 Å². The van der Waals surface area contributed by atoms with Crippen LogP contribution < -0.4 is 0 Å². The average Bonchev–Trinajstić information content (AvgIpc) is 2.26. The minimum absolute atomic E-state index is 0.456. The van der Waals surface area contributed by atoms with Crippen LogP contribution in [0.5, 0.6) is 0 Å². The van der Waals surface area contributed by atoms with E-state index in [4.69, 9.17) is 0 Å². The Balaban J connectivity index is 5.31. The van der Waals surface area contributed by atoms with Crippen molar-refractivity contribution < 1.29 is 26.3 Å². The van der Waals surface area contributed by atoms with E-state index in [1.807, 2.05) is 0 Å². The Morgan fingerprint density at radius 2 is 1.00 bits per heavy atom. The van der Waals surface area contributed by atoms with Gasteiger partial charge in [-0.1, -0.05) is 38.5 Å². The Morgan fingerprint density at radius 1 is 0.737 bits per heavy atom. The lowest BCUT2D eigenvalue weighted by Gasteiger charge is -2.33. The fraction of sp³-hybridized carbons (Fsp3) is 0.385. The molecule has 0 amide bonds. The second kappa shape index (κ2) is 5.67. The SMILES string of the molecule is C=CC(=C)CC(F)(F)C(F)(F)C(F)(F)CC(=C)C=C. The van der Waals surface area contributed by atoms with Crippen LogP contribution in [0.2, 0.25) is 0 Å². The predicted molar refractivity (Wildman–Crippen MR) is 62.7 cm³/mol. The number of halogens is 6. The first-order valence-electron chi connectivity index (χ1n) is 5.15.